The zero-order chi connectivity index (χ0) is 20.7. The molecule has 0 amide bonds. The number of aromatic carboxylic acids is 1. The average Bonchev–Trinajstić information content (AvgIpc) is 3.42. The van der Waals surface area contributed by atoms with Gasteiger partial charge >= 0.3 is 5.97 Å². The number of hydrogen-bond donors (Lipinski definition) is 2. The minimum atomic E-state index is -1.27. The number of unbranched alkanes of at least 4 members (excludes halogenated alkanes) is 1. The van der Waals surface area contributed by atoms with E-state index in [4.69, 9.17) is 5.73 Å². The molecule has 2 aromatic heterocycles. The summed E-state index contributed by atoms with van der Waals surface area (Å²) < 4.78 is 16.4. The maximum Gasteiger partial charge on any atom is 0.341 e. The van der Waals surface area contributed by atoms with Gasteiger partial charge in [-0.15, -0.1) is 12.4 Å². The Bertz CT molecular complexity index is 1020. The normalized spacial score (nSPS) is 18.6. The Kier molecular flexibility index (Phi) is 6.72. The van der Waals surface area contributed by atoms with Gasteiger partial charge in [0.2, 0.25) is 0 Å². The smallest absolute Gasteiger partial charge is 0.341 e. The first kappa shape index (κ1) is 22.6. The first-order chi connectivity index (χ1) is 13.9. The summed E-state index contributed by atoms with van der Waals surface area (Å²) in [6.07, 6.45) is 7.33. The number of carboxylic acids is 1. The van der Waals surface area contributed by atoms with Crippen LogP contribution in [0.25, 0.3) is 5.52 Å². The van der Waals surface area contributed by atoms with Crippen molar-refractivity contribution in [2.45, 2.75) is 51.4 Å². The van der Waals surface area contributed by atoms with E-state index in [2.05, 4.69) is 4.90 Å². The third-order valence-corrected chi connectivity index (χ3v) is 6.36. The van der Waals surface area contributed by atoms with Crippen LogP contribution in [0.5, 0.6) is 0 Å². The van der Waals surface area contributed by atoms with Gasteiger partial charge in [0.1, 0.15) is 5.56 Å². The molecule has 8 heteroatoms. The van der Waals surface area contributed by atoms with Crippen molar-refractivity contribution >= 4 is 29.6 Å². The number of carbonyl (C=O) groups is 1. The quantitative estimate of drug-likeness (QED) is 0.645. The van der Waals surface area contributed by atoms with E-state index in [-0.39, 0.29) is 23.9 Å². The fraction of sp³-hybridized carbons (Fsp3) is 0.545. The summed E-state index contributed by atoms with van der Waals surface area (Å²) in [5.41, 5.74) is 7.41. The van der Waals surface area contributed by atoms with E-state index >= 15 is 4.39 Å². The molecule has 1 atom stereocenters. The van der Waals surface area contributed by atoms with Crippen LogP contribution in [0.1, 0.15) is 65.9 Å². The Labute approximate surface area is 181 Å². The third-order valence-electron chi connectivity index (χ3n) is 6.36. The lowest BCUT2D eigenvalue weighted by atomic mass is 10.0. The number of hydrogen-bond acceptors (Lipinski definition) is 4. The van der Waals surface area contributed by atoms with Crippen LogP contribution >= 0.6 is 12.4 Å². The monoisotopic (exact) mass is 437 g/mol. The molecule has 6 nitrogen and oxygen atoms in total. The fourth-order valence-electron chi connectivity index (χ4n) is 4.74. The van der Waals surface area contributed by atoms with Crippen molar-refractivity contribution < 1.29 is 14.3 Å². The van der Waals surface area contributed by atoms with E-state index in [1.54, 1.807) is 0 Å². The Morgan fingerprint density at radius 3 is 2.67 bits per heavy atom. The molecular weight excluding hydrogens is 409 g/mol. The molecular formula is C22H29ClFN3O3. The number of carboxylic acid groups (broad SMARTS) is 1. The molecule has 2 fully saturated rings. The summed E-state index contributed by atoms with van der Waals surface area (Å²) in [7, 11) is 0. The summed E-state index contributed by atoms with van der Waals surface area (Å²) in [4.78, 5) is 26.3. The minimum absolute atomic E-state index is 0. The van der Waals surface area contributed by atoms with Crippen LogP contribution in [0.2, 0.25) is 0 Å². The lowest BCUT2D eigenvalue weighted by molar-refractivity contribution is 0.0694. The molecule has 0 aromatic carbocycles. The van der Waals surface area contributed by atoms with Gasteiger partial charge in [0.25, 0.3) is 5.56 Å². The molecule has 1 aliphatic carbocycles. The minimum Gasteiger partial charge on any atom is -0.477 e. The second-order valence-electron chi connectivity index (χ2n) is 8.45. The molecule has 1 saturated carbocycles. The molecule has 1 unspecified atom stereocenters. The molecule has 3 N–H and O–H groups in total. The number of rotatable bonds is 7. The van der Waals surface area contributed by atoms with Crippen molar-refractivity contribution in [2.75, 3.05) is 24.5 Å². The van der Waals surface area contributed by atoms with Crippen LogP contribution in [0.15, 0.2) is 17.1 Å². The number of pyridine rings is 2. The van der Waals surface area contributed by atoms with E-state index < -0.39 is 17.3 Å². The number of nitrogens with zero attached hydrogens (tertiary/aromatic N) is 2. The van der Waals surface area contributed by atoms with Crippen molar-refractivity contribution in [3.8, 4) is 0 Å². The van der Waals surface area contributed by atoms with E-state index in [0.717, 1.165) is 62.7 Å². The first-order valence-electron chi connectivity index (χ1n) is 10.5. The molecule has 2 aliphatic rings. The number of nitrogens with two attached hydrogens (primary N) is 1. The highest BCUT2D eigenvalue weighted by molar-refractivity contribution is 5.89. The molecule has 30 heavy (non-hydrogen) atoms. The summed E-state index contributed by atoms with van der Waals surface area (Å²) >= 11 is 0. The topological polar surface area (TPSA) is 88.0 Å². The average molecular weight is 438 g/mol. The van der Waals surface area contributed by atoms with Gasteiger partial charge in [-0.05, 0) is 74.6 Å². The lowest BCUT2D eigenvalue weighted by Gasteiger charge is -2.24. The summed E-state index contributed by atoms with van der Waals surface area (Å²) in [6, 6.07) is 1.51. The number of anilines is 1. The number of aryl methyl sites for hydroxylation is 1. The summed E-state index contributed by atoms with van der Waals surface area (Å²) in [5, 5.41) is 9.41. The van der Waals surface area contributed by atoms with Gasteiger partial charge < -0.3 is 15.7 Å². The maximum atomic E-state index is 15.2. The van der Waals surface area contributed by atoms with Crippen LogP contribution < -0.4 is 16.2 Å². The zero-order valence-corrected chi connectivity index (χ0v) is 18.0. The van der Waals surface area contributed by atoms with Gasteiger partial charge in [-0.25, -0.2) is 9.18 Å². The largest absolute Gasteiger partial charge is 0.477 e. The van der Waals surface area contributed by atoms with Gasteiger partial charge in [0, 0.05) is 13.1 Å². The number of fused-ring (bicyclic) bond motifs is 1. The van der Waals surface area contributed by atoms with Crippen LogP contribution in [0, 0.1) is 18.7 Å². The van der Waals surface area contributed by atoms with E-state index in [9.17, 15) is 14.7 Å². The van der Waals surface area contributed by atoms with Crippen LogP contribution in [0.3, 0.4) is 0 Å². The van der Waals surface area contributed by atoms with Gasteiger partial charge in [-0.3, -0.25) is 9.20 Å². The highest BCUT2D eigenvalue weighted by Crippen LogP contribution is 2.44. The molecule has 1 saturated heterocycles. The zero-order valence-electron chi connectivity index (χ0n) is 17.2. The molecule has 2 aromatic rings. The van der Waals surface area contributed by atoms with Gasteiger partial charge in [-0.1, -0.05) is 6.42 Å². The lowest BCUT2D eigenvalue weighted by Crippen LogP contribution is -2.27. The van der Waals surface area contributed by atoms with Crippen molar-refractivity contribution in [2.24, 2.45) is 11.7 Å². The second-order valence-corrected chi connectivity index (χ2v) is 8.45. The Morgan fingerprint density at radius 2 is 2.03 bits per heavy atom. The molecule has 164 valence electrons. The SMILES string of the molecule is Cc1c(N2CCC(CCCCN)C2)c(F)cn2c(=O)c(C(=O)O)cc(C3CC3)c12.Cl. The van der Waals surface area contributed by atoms with Crippen LogP contribution in [-0.2, 0) is 0 Å². The molecule has 4 rings (SSSR count). The van der Waals surface area contributed by atoms with Crippen LogP contribution in [-0.4, -0.2) is 35.1 Å². The van der Waals surface area contributed by atoms with E-state index in [1.807, 2.05) is 6.92 Å². The highest BCUT2D eigenvalue weighted by atomic mass is 35.5. The van der Waals surface area contributed by atoms with E-state index in [1.165, 1.54) is 16.7 Å². The Morgan fingerprint density at radius 1 is 1.30 bits per heavy atom. The van der Waals surface area contributed by atoms with Crippen molar-refractivity contribution in [1.29, 1.82) is 0 Å². The van der Waals surface area contributed by atoms with Crippen molar-refractivity contribution in [1.82, 2.24) is 4.40 Å². The van der Waals surface area contributed by atoms with Gasteiger partial charge in [-0.2, -0.15) is 0 Å². The fourth-order valence-corrected chi connectivity index (χ4v) is 4.74. The predicted molar refractivity (Wildman–Crippen MR) is 118 cm³/mol. The van der Waals surface area contributed by atoms with Crippen LogP contribution in [0.4, 0.5) is 10.1 Å². The van der Waals surface area contributed by atoms with Gasteiger partial charge in [0.15, 0.2) is 5.82 Å². The molecule has 1 aliphatic heterocycles. The number of halogens is 2. The molecule has 0 radical (unpaired) electrons. The molecule has 0 bridgehead atoms. The van der Waals surface area contributed by atoms with E-state index in [0.29, 0.717) is 23.7 Å². The second kappa shape index (κ2) is 8.94. The number of aromatic nitrogens is 1. The maximum absolute atomic E-state index is 15.2. The standard InChI is InChI=1S/C22H28FN3O3.ClH/c1-13-19-16(15-5-6-15)10-17(22(28)29)21(27)26(19)12-18(23)20(13)25-9-7-14(11-25)4-2-3-8-24;/h10,12,14-15H,2-9,11,24H2,1H3,(H,28,29);1H. The predicted octanol–water partition coefficient (Wildman–Crippen LogP) is 3.70. The summed E-state index contributed by atoms with van der Waals surface area (Å²) in [5.74, 6) is -0.975. The highest BCUT2D eigenvalue weighted by Gasteiger charge is 2.32. The Balaban J connectivity index is 0.00000256. The molecule has 0 spiro atoms. The van der Waals surface area contributed by atoms with Crippen molar-refractivity contribution in [3.05, 3.63) is 45.1 Å². The third kappa shape index (κ3) is 4.05. The molecule has 3 heterocycles. The summed E-state index contributed by atoms with van der Waals surface area (Å²) in [6.45, 7) is 4.14. The van der Waals surface area contributed by atoms with Crippen molar-refractivity contribution in [3.63, 3.8) is 0 Å². The van der Waals surface area contributed by atoms with Gasteiger partial charge in [0.05, 0.1) is 17.4 Å². The Hall–Kier alpha value is -2.12. The first-order valence-corrected chi connectivity index (χ1v) is 10.5.